The number of terminal acetylenes is 1. The molecule has 0 radical (unpaired) electrons. The van der Waals surface area contributed by atoms with Gasteiger partial charge >= 0.3 is 0 Å². The predicted octanol–water partition coefficient (Wildman–Crippen LogP) is 3.48. The Morgan fingerprint density at radius 2 is 2.07 bits per heavy atom. The normalized spacial score (nSPS) is 12.1. The standard InChI is InChI=1S/C12H12F2/c1-3-5-9(4-2)10-6-7-11(13)12(14)8-10/h1,6-9H,4-5H2,2H3. The Labute approximate surface area is 83.0 Å². The first-order valence-electron chi connectivity index (χ1n) is 4.57. The van der Waals surface area contributed by atoms with Gasteiger partial charge in [0.05, 0.1) is 0 Å². The summed E-state index contributed by atoms with van der Waals surface area (Å²) in [5, 5.41) is 0. The van der Waals surface area contributed by atoms with E-state index in [1.807, 2.05) is 6.92 Å². The van der Waals surface area contributed by atoms with Crippen molar-refractivity contribution in [3.63, 3.8) is 0 Å². The van der Waals surface area contributed by atoms with Crippen molar-refractivity contribution in [2.75, 3.05) is 0 Å². The molecule has 0 N–H and O–H groups in total. The van der Waals surface area contributed by atoms with E-state index in [4.69, 9.17) is 6.42 Å². The maximum Gasteiger partial charge on any atom is 0.159 e. The van der Waals surface area contributed by atoms with Crippen molar-refractivity contribution in [2.45, 2.75) is 25.7 Å². The number of hydrogen-bond acceptors (Lipinski definition) is 0. The van der Waals surface area contributed by atoms with Crippen molar-refractivity contribution >= 4 is 0 Å². The quantitative estimate of drug-likeness (QED) is 0.646. The molecule has 0 saturated carbocycles. The average molecular weight is 194 g/mol. The number of benzene rings is 1. The van der Waals surface area contributed by atoms with Crippen LogP contribution in [0.5, 0.6) is 0 Å². The van der Waals surface area contributed by atoms with Gasteiger partial charge in [0.2, 0.25) is 0 Å². The summed E-state index contributed by atoms with van der Waals surface area (Å²) in [4.78, 5) is 0. The summed E-state index contributed by atoms with van der Waals surface area (Å²) >= 11 is 0. The Kier molecular flexibility index (Phi) is 3.64. The van der Waals surface area contributed by atoms with Crippen molar-refractivity contribution in [3.05, 3.63) is 35.4 Å². The Morgan fingerprint density at radius 3 is 2.57 bits per heavy atom. The lowest BCUT2D eigenvalue weighted by atomic mass is 9.93. The molecule has 74 valence electrons. The monoisotopic (exact) mass is 194 g/mol. The van der Waals surface area contributed by atoms with Crippen molar-refractivity contribution in [3.8, 4) is 12.3 Å². The Bertz CT molecular complexity index is 350. The third-order valence-electron chi connectivity index (χ3n) is 2.27. The van der Waals surface area contributed by atoms with E-state index in [1.165, 1.54) is 6.07 Å². The van der Waals surface area contributed by atoms with Crippen LogP contribution in [-0.2, 0) is 0 Å². The van der Waals surface area contributed by atoms with E-state index in [-0.39, 0.29) is 5.92 Å². The maximum atomic E-state index is 12.9. The number of hydrogen-bond donors (Lipinski definition) is 0. The largest absolute Gasteiger partial charge is 0.204 e. The van der Waals surface area contributed by atoms with Crippen LogP contribution in [0.15, 0.2) is 18.2 Å². The van der Waals surface area contributed by atoms with Crippen LogP contribution < -0.4 is 0 Å². The molecule has 0 saturated heterocycles. The molecule has 1 aromatic rings. The fraction of sp³-hybridized carbons (Fsp3) is 0.333. The van der Waals surface area contributed by atoms with Crippen LogP contribution in [0.25, 0.3) is 0 Å². The molecule has 0 fully saturated rings. The van der Waals surface area contributed by atoms with E-state index < -0.39 is 11.6 Å². The molecule has 2 heteroatoms. The molecule has 1 atom stereocenters. The summed E-state index contributed by atoms with van der Waals surface area (Å²) in [7, 11) is 0. The number of halogens is 2. The van der Waals surface area contributed by atoms with Gasteiger partial charge in [-0.15, -0.1) is 12.3 Å². The second kappa shape index (κ2) is 4.76. The zero-order chi connectivity index (χ0) is 10.6. The summed E-state index contributed by atoms with van der Waals surface area (Å²) in [5.74, 6) is 1.03. The highest BCUT2D eigenvalue weighted by Crippen LogP contribution is 2.24. The molecule has 0 spiro atoms. The lowest BCUT2D eigenvalue weighted by Crippen LogP contribution is -1.97. The fourth-order valence-corrected chi connectivity index (χ4v) is 1.41. The van der Waals surface area contributed by atoms with Crippen LogP contribution in [-0.4, -0.2) is 0 Å². The molecule has 1 unspecified atom stereocenters. The second-order valence-electron chi connectivity index (χ2n) is 3.19. The van der Waals surface area contributed by atoms with E-state index in [2.05, 4.69) is 5.92 Å². The average Bonchev–Trinajstić information content (AvgIpc) is 2.19. The highest BCUT2D eigenvalue weighted by Gasteiger charge is 2.10. The molecule has 1 rings (SSSR count). The molecule has 0 nitrogen and oxygen atoms in total. The molecule has 0 aliphatic carbocycles. The Morgan fingerprint density at radius 1 is 1.36 bits per heavy atom. The van der Waals surface area contributed by atoms with Crippen LogP contribution >= 0.6 is 0 Å². The molecule has 0 heterocycles. The first-order chi connectivity index (χ1) is 6.69. The van der Waals surface area contributed by atoms with Gasteiger partial charge in [0.25, 0.3) is 0 Å². The minimum Gasteiger partial charge on any atom is -0.204 e. The molecule has 0 aliphatic heterocycles. The molecule has 14 heavy (non-hydrogen) atoms. The van der Waals surface area contributed by atoms with Crippen LogP contribution in [0.1, 0.15) is 31.2 Å². The summed E-state index contributed by atoms with van der Waals surface area (Å²) in [6.45, 7) is 1.98. The topological polar surface area (TPSA) is 0 Å². The van der Waals surface area contributed by atoms with E-state index in [0.29, 0.717) is 6.42 Å². The van der Waals surface area contributed by atoms with Crippen LogP contribution in [0.3, 0.4) is 0 Å². The van der Waals surface area contributed by atoms with E-state index in [1.54, 1.807) is 6.07 Å². The summed E-state index contributed by atoms with van der Waals surface area (Å²) < 4.78 is 25.5. The van der Waals surface area contributed by atoms with Gasteiger partial charge in [-0.1, -0.05) is 13.0 Å². The van der Waals surface area contributed by atoms with Gasteiger partial charge in [-0.3, -0.25) is 0 Å². The molecule has 0 aromatic heterocycles. The fourth-order valence-electron chi connectivity index (χ4n) is 1.41. The molecule has 0 aliphatic rings. The highest BCUT2D eigenvalue weighted by atomic mass is 19.2. The third-order valence-corrected chi connectivity index (χ3v) is 2.27. The first kappa shape index (κ1) is 10.7. The van der Waals surface area contributed by atoms with Gasteiger partial charge in [-0.2, -0.15) is 0 Å². The highest BCUT2D eigenvalue weighted by molar-refractivity contribution is 5.22. The van der Waals surface area contributed by atoms with Gasteiger partial charge in [0.15, 0.2) is 11.6 Å². The maximum absolute atomic E-state index is 12.9. The van der Waals surface area contributed by atoms with E-state index in [0.717, 1.165) is 18.1 Å². The number of rotatable bonds is 3. The van der Waals surface area contributed by atoms with Crippen molar-refractivity contribution in [1.29, 1.82) is 0 Å². The van der Waals surface area contributed by atoms with Gasteiger partial charge < -0.3 is 0 Å². The van der Waals surface area contributed by atoms with Crippen molar-refractivity contribution < 1.29 is 8.78 Å². The molecule has 1 aromatic carbocycles. The predicted molar refractivity (Wildman–Crippen MR) is 52.8 cm³/mol. The molecular weight excluding hydrogens is 182 g/mol. The van der Waals surface area contributed by atoms with Crippen LogP contribution in [0.2, 0.25) is 0 Å². The van der Waals surface area contributed by atoms with Crippen LogP contribution in [0.4, 0.5) is 8.78 Å². The zero-order valence-electron chi connectivity index (χ0n) is 8.06. The van der Waals surface area contributed by atoms with Gasteiger partial charge in [-0.25, -0.2) is 8.78 Å². The SMILES string of the molecule is C#CCC(CC)c1ccc(F)c(F)c1. The van der Waals surface area contributed by atoms with E-state index in [9.17, 15) is 8.78 Å². The minimum atomic E-state index is -0.815. The molecule has 0 bridgehead atoms. The summed E-state index contributed by atoms with van der Waals surface area (Å²) in [5.41, 5.74) is 0.768. The Hall–Kier alpha value is -1.36. The minimum absolute atomic E-state index is 0.120. The second-order valence-corrected chi connectivity index (χ2v) is 3.19. The van der Waals surface area contributed by atoms with Gasteiger partial charge in [0.1, 0.15) is 0 Å². The Balaban J connectivity index is 2.95. The lowest BCUT2D eigenvalue weighted by molar-refractivity contribution is 0.504. The molecule has 0 amide bonds. The van der Waals surface area contributed by atoms with Crippen LogP contribution in [0, 0.1) is 24.0 Å². The zero-order valence-corrected chi connectivity index (χ0v) is 8.06. The van der Waals surface area contributed by atoms with E-state index >= 15 is 0 Å². The molecular formula is C12H12F2. The summed E-state index contributed by atoms with van der Waals surface area (Å²) in [6, 6.07) is 3.95. The smallest absolute Gasteiger partial charge is 0.159 e. The third kappa shape index (κ3) is 2.32. The van der Waals surface area contributed by atoms with Crippen molar-refractivity contribution in [2.24, 2.45) is 0 Å². The van der Waals surface area contributed by atoms with Gasteiger partial charge in [0, 0.05) is 6.42 Å². The summed E-state index contributed by atoms with van der Waals surface area (Å²) in [6.07, 6.45) is 6.58. The van der Waals surface area contributed by atoms with Gasteiger partial charge in [-0.05, 0) is 30.0 Å². The van der Waals surface area contributed by atoms with Crippen molar-refractivity contribution in [1.82, 2.24) is 0 Å². The first-order valence-corrected chi connectivity index (χ1v) is 4.57. The lowest BCUT2D eigenvalue weighted by Gasteiger charge is -2.11.